The predicted octanol–water partition coefficient (Wildman–Crippen LogP) is -0.400. The van der Waals surface area contributed by atoms with Gasteiger partial charge in [0, 0.05) is 26.3 Å². The molecule has 1 heterocycles. The third kappa shape index (κ3) is 4.58. The normalized spacial score (nSPS) is 20.6. The van der Waals surface area contributed by atoms with Crippen LogP contribution in [0.25, 0.3) is 0 Å². The minimum atomic E-state index is -4.05. The molecule has 0 amide bonds. The number of carbonyl (C=O) groups is 1. The maximum absolute atomic E-state index is 12.7. The van der Waals surface area contributed by atoms with E-state index in [1.165, 1.54) is 32.3 Å². The summed E-state index contributed by atoms with van der Waals surface area (Å²) in [6.07, 6.45) is 0. The number of ether oxygens (including phenoxy) is 1. The third-order valence-corrected chi connectivity index (χ3v) is 7.65. The van der Waals surface area contributed by atoms with Gasteiger partial charge >= 0.3 is 5.97 Å². The molecule has 2 atom stereocenters. The Morgan fingerprint density at radius 1 is 1.30 bits per heavy atom. The molecular formula is C15H24N4O6S2. The summed E-state index contributed by atoms with van der Waals surface area (Å²) in [6, 6.07) is 4.23. The zero-order valence-corrected chi connectivity index (χ0v) is 17.1. The Hall–Kier alpha value is -1.73. The highest BCUT2D eigenvalue weighted by Gasteiger charge is 2.42. The molecular weight excluding hydrogens is 396 g/mol. The van der Waals surface area contributed by atoms with Crippen LogP contribution < -0.4 is 15.6 Å². The van der Waals surface area contributed by atoms with Gasteiger partial charge in [-0.1, -0.05) is 6.07 Å². The lowest BCUT2D eigenvalue weighted by Gasteiger charge is -2.20. The van der Waals surface area contributed by atoms with Crippen molar-refractivity contribution in [3.05, 3.63) is 23.8 Å². The molecule has 1 aliphatic rings. The van der Waals surface area contributed by atoms with Crippen LogP contribution in [0.5, 0.6) is 0 Å². The van der Waals surface area contributed by atoms with Crippen LogP contribution in [0.4, 0.5) is 5.69 Å². The Morgan fingerprint density at radius 2 is 1.96 bits per heavy atom. The molecule has 1 aliphatic heterocycles. The number of esters is 1. The molecule has 3 N–H and O–H groups in total. The largest absolute Gasteiger partial charge is 0.466 e. The number of hydrazine groups is 1. The van der Waals surface area contributed by atoms with Crippen LogP contribution in [0.1, 0.15) is 12.5 Å². The minimum absolute atomic E-state index is 0.00727. The van der Waals surface area contributed by atoms with Crippen molar-refractivity contribution < 1.29 is 26.4 Å². The SMILES string of the molecule is CCOC(=O)C1CNNC1S(=O)(=O)Nc1ccc(C)c(S(=O)(=O)N(C)C)c1. The van der Waals surface area contributed by atoms with Crippen LogP contribution in [0, 0.1) is 12.8 Å². The number of hydrogen-bond acceptors (Lipinski definition) is 8. The van der Waals surface area contributed by atoms with Crippen molar-refractivity contribution in [1.82, 2.24) is 15.2 Å². The lowest BCUT2D eigenvalue weighted by molar-refractivity contribution is -0.147. The number of carbonyl (C=O) groups excluding carboxylic acids is 1. The molecule has 0 saturated carbocycles. The van der Waals surface area contributed by atoms with E-state index >= 15 is 0 Å². The number of anilines is 1. The van der Waals surface area contributed by atoms with Crippen molar-refractivity contribution in [3.8, 4) is 0 Å². The van der Waals surface area contributed by atoms with Crippen molar-refractivity contribution in [3.63, 3.8) is 0 Å². The number of sulfonamides is 2. The summed E-state index contributed by atoms with van der Waals surface area (Å²) in [5.74, 6) is -1.57. The summed E-state index contributed by atoms with van der Waals surface area (Å²) in [7, 11) is -5.01. The van der Waals surface area contributed by atoms with Gasteiger partial charge in [-0.3, -0.25) is 14.9 Å². The third-order valence-electron chi connectivity index (χ3n) is 4.06. The van der Waals surface area contributed by atoms with E-state index in [2.05, 4.69) is 15.6 Å². The summed E-state index contributed by atoms with van der Waals surface area (Å²) in [5, 5.41) is -1.26. The van der Waals surface area contributed by atoms with E-state index in [-0.39, 0.29) is 23.7 Å². The number of nitrogens with zero attached hydrogens (tertiary/aromatic N) is 1. The fraction of sp³-hybridized carbons (Fsp3) is 0.533. The fourth-order valence-corrected chi connectivity index (χ4v) is 5.20. The van der Waals surface area contributed by atoms with E-state index < -0.39 is 37.3 Å². The second-order valence-corrected chi connectivity index (χ2v) is 10.1. The number of nitrogens with one attached hydrogen (secondary N) is 3. The smallest absolute Gasteiger partial charge is 0.313 e. The molecule has 12 heteroatoms. The first-order valence-electron chi connectivity index (χ1n) is 8.20. The van der Waals surface area contributed by atoms with E-state index in [0.717, 1.165) is 4.31 Å². The highest BCUT2D eigenvalue weighted by Crippen LogP contribution is 2.25. The summed E-state index contributed by atoms with van der Waals surface area (Å²) in [6.45, 7) is 3.49. The lowest BCUT2D eigenvalue weighted by Crippen LogP contribution is -2.44. The second kappa shape index (κ2) is 8.10. The Bertz CT molecular complexity index is 914. The molecule has 1 saturated heterocycles. The van der Waals surface area contributed by atoms with Crippen LogP contribution in [-0.2, 0) is 29.6 Å². The molecule has 2 rings (SSSR count). The Labute approximate surface area is 159 Å². The summed E-state index contributed by atoms with van der Waals surface area (Å²) < 4.78 is 58.6. The zero-order chi connectivity index (χ0) is 20.4. The topological polar surface area (TPSA) is 134 Å². The molecule has 152 valence electrons. The maximum Gasteiger partial charge on any atom is 0.313 e. The van der Waals surface area contributed by atoms with Crippen molar-refractivity contribution >= 4 is 31.7 Å². The Balaban J connectivity index is 2.32. The summed E-state index contributed by atoms with van der Waals surface area (Å²) in [5.41, 5.74) is 5.76. The fourth-order valence-electron chi connectivity index (χ4n) is 2.59. The molecule has 2 unspecified atom stereocenters. The first-order chi connectivity index (χ1) is 12.5. The molecule has 0 aliphatic carbocycles. The van der Waals surface area contributed by atoms with E-state index in [1.807, 2.05) is 0 Å². The quantitative estimate of drug-likeness (QED) is 0.508. The summed E-state index contributed by atoms with van der Waals surface area (Å²) in [4.78, 5) is 12.0. The molecule has 1 aromatic rings. The molecule has 1 aromatic carbocycles. The van der Waals surface area contributed by atoms with Gasteiger partial charge in [0.25, 0.3) is 10.0 Å². The number of aryl methyl sites for hydroxylation is 1. The first-order valence-corrected chi connectivity index (χ1v) is 11.2. The maximum atomic E-state index is 12.7. The highest BCUT2D eigenvalue weighted by molar-refractivity contribution is 7.93. The van der Waals surface area contributed by atoms with Crippen molar-refractivity contribution in [1.29, 1.82) is 0 Å². The Kier molecular flexibility index (Phi) is 6.47. The van der Waals surface area contributed by atoms with Gasteiger partial charge in [-0.2, -0.15) is 0 Å². The predicted molar refractivity (Wildman–Crippen MR) is 99.6 cm³/mol. The summed E-state index contributed by atoms with van der Waals surface area (Å²) >= 11 is 0. The van der Waals surface area contributed by atoms with Gasteiger partial charge in [-0.25, -0.2) is 26.6 Å². The average molecular weight is 421 g/mol. The van der Waals surface area contributed by atoms with Crippen molar-refractivity contribution in [2.45, 2.75) is 24.1 Å². The van der Waals surface area contributed by atoms with Crippen LogP contribution in [0.2, 0.25) is 0 Å². The number of benzene rings is 1. The zero-order valence-electron chi connectivity index (χ0n) is 15.5. The van der Waals surface area contributed by atoms with Gasteiger partial charge in [-0.05, 0) is 31.5 Å². The molecule has 27 heavy (non-hydrogen) atoms. The highest BCUT2D eigenvalue weighted by atomic mass is 32.2. The Morgan fingerprint density at radius 3 is 2.56 bits per heavy atom. The lowest BCUT2D eigenvalue weighted by atomic mass is 10.2. The van der Waals surface area contributed by atoms with E-state index in [4.69, 9.17) is 4.74 Å². The van der Waals surface area contributed by atoms with Crippen LogP contribution in [0.15, 0.2) is 23.1 Å². The van der Waals surface area contributed by atoms with Crippen LogP contribution in [-0.4, -0.2) is 59.7 Å². The molecule has 0 spiro atoms. The van der Waals surface area contributed by atoms with Gasteiger partial charge in [-0.15, -0.1) is 0 Å². The van der Waals surface area contributed by atoms with Crippen LogP contribution >= 0.6 is 0 Å². The van der Waals surface area contributed by atoms with E-state index in [0.29, 0.717) is 5.56 Å². The van der Waals surface area contributed by atoms with E-state index in [1.54, 1.807) is 13.8 Å². The molecule has 10 nitrogen and oxygen atoms in total. The molecule has 0 aromatic heterocycles. The van der Waals surface area contributed by atoms with Gasteiger partial charge < -0.3 is 4.74 Å². The van der Waals surface area contributed by atoms with E-state index in [9.17, 15) is 21.6 Å². The second-order valence-electron chi connectivity index (χ2n) is 6.22. The van der Waals surface area contributed by atoms with Gasteiger partial charge in [0.15, 0.2) is 5.37 Å². The monoisotopic (exact) mass is 420 g/mol. The molecule has 0 radical (unpaired) electrons. The minimum Gasteiger partial charge on any atom is -0.466 e. The number of hydrogen-bond donors (Lipinski definition) is 3. The molecule has 1 fully saturated rings. The van der Waals surface area contributed by atoms with Crippen molar-refractivity contribution in [2.75, 3.05) is 32.0 Å². The molecule has 0 bridgehead atoms. The van der Waals surface area contributed by atoms with Gasteiger partial charge in [0.1, 0.15) is 5.92 Å². The van der Waals surface area contributed by atoms with Gasteiger partial charge in [0.05, 0.1) is 11.5 Å². The average Bonchev–Trinajstić information content (AvgIpc) is 3.07. The number of rotatable bonds is 7. The van der Waals surface area contributed by atoms with Crippen molar-refractivity contribution in [2.24, 2.45) is 5.92 Å². The van der Waals surface area contributed by atoms with Crippen LogP contribution in [0.3, 0.4) is 0 Å². The standard InChI is InChI=1S/C15H24N4O6S2/c1-5-25-15(20)12-9-16-17-14(12)26(21,22)18-11-7-6-10(2)13(8-11)27(23,24)19(3)4/h6-8,12,14,16-18H,5,9H2,1-4H3. The first kappa shape index (κ1) is 21.6. The van der Waals surface area contributed by atoms with Gasteiger partial charge in [0.2, 0.25) is 10.0 Å².